The average molecular weight is 306 g/mol. The predicted octanol–water partition coefficient (Wildman–Crippen LogP) is 3.08. The number of rotatable bonds is 4. The molecule has 3 heterocycles. The van der Waals surface area contributed by atoms with E-state index in [4.69, 9.17) is 9.15 Å². The normalized spacial score (nSPS) is 16.1. The van der Waals surface area contributed by atoms with Gasteiger partial charge in [-0.25, -0.2) is 4.98 Å². The second kappa shape index (κ2) is 5.99. The molecule has 2 aromatic rings. The van der Waals surface area contributed by atoms with Gasteiger partial charge in [-0.2, -0.15) is 0 Å². The molecule has 1 aliphatic rings. The fraction of sp³-hybridized carbons (Fsp3) is 0.467. The summed E-state index contributed by atoms with van der Waals surface area (Å²) in [5.74, 6) is 0.841. The van der Waals surface area contributed by atoms with Crippen molar-refractivity contribution in [1.82, 2.24) is 4.98 Å². The van der Waals surface area contributed by atoms with Gasteiger partial charge in [0.05, 0.1) is 6.26 Å². The Kier molecular flexibility index (Phi) is 4.07. The fourth-order valence-electron chi connectivity index (χ4n) is 2.39. The molecule has 112 valence electrons. The van der Waals surface area contributed by atoms with Crippen molar-refractivity contribution in [3.05, 3.63) is 23.3 Å². The first-order valence-corrected chi connectivity index (χ1v) is 7.82. The highest BCUT2D eigenvalue weighted by atomic mass is 32.1. The smallest absolute Gasteiger partial charge is 0.186 e. The van der Waals surface area contributed by atoms with Crippen molar-refractivity contribution in [3.8, 4) is 11.5 Å². The van der Waals surface area contributed by atoms with Crippen LogP contribution in [-0.4, -0.2) is 38.1 Å². The maximum absolute atomic E-state index is 12.8. The molecular formula is C15H18N2O3S. The Bertz CT molecular complexity index is 613. The Morgan fingerprint density at radius 1 is 1.38 bits per heavy atom. The molecule has 0 N–H and O–H groups in total. The van der Waals surface area contributed by atoms with Crippen LogP contribution in [0.25, 0.3) is 11.5 Å². The molecule has 0 bridgehead atoms. The molecule has 5 nitrogen and oxygen atoms in total. The van der Waals surface area contributed by atoms with Crippen molar-refractivity contribution in [2.75, 3.05) is 32.2 Å². The van der Waals surface area contributed by atoms with Crippen molar-refractivity contribution < 1.29 is 13.9 Å². The van der Waals surface area contributed by atoms with E-state index in [0.29, 0.717) is 29.5 Å². The van der Waals surface area contributed by atoms with E-state index in [1.807, 2.05) is 31.1 Å². The molecule has 0 atom stereocenters. The number of Topliss-reactive ketones (excluding diaryl/α,β-unsaturated/α-hetero) is 1. The molecule has 1 fully saturated rings. The van der Waals surface area contributed by atoms with Gasteiger partial charge in [0.1, 0.15) is 10.6 Å². The van der Waals surface area contributed by atoms with E-state index in [-0.39, 0.29) is 11.7 Å². The van der Waals surface area contributed by atoms with Crippen LogP contribution in [0.1, 0.15) is 22.5 Å². The zero-order chi connectivity index (χ0) is 14.8. The Morgan fingerprint density at radius 3 is 2.76 bits per heavy atom. The monoisotopic (exact) mass is 306 g/mol. The third-order valence-corrected chi connectivity index (χ3v) is 4.81. The molecule has 0 aliphatic carbocycles. The second-order valence-electron chi connectivity index (χ2n) is 5.30. The number of anilines is 1. The van der Waals surface area contributed by atoms with E-state index in [9.17, 15) is 4.79 Å². The molecule has 0 unspecified atom stereocenters. The van der Waals surface area contributed by atoms with Gasteiger partial charge < -0.3 is 14.1 Å². The second-order valence-corrected chi connectivity index (χ2v) is 6.27. The minimum Gasteiger partial charge on any atom is -0.463 e. The molecule has 0 saturated carbocycles. The molecule has 21 heavy (non-hydrogen) atoms. The molecule has 2 aromatic heterocycles. The van der Waals surface area contributed by atoms with Gasteiger partial charge in [-0.15, -0.1) is 0 Å². The topological polar surface area (TPSA) is 55.6 Å². The number of furan rings is 1. The van der Waals surface area contributed by atoms with Crippen molar-refractivity contribution in [3.63, 3.8) is 0 Å². The molecule has 1 saturated heterocycles. The largest absolute Gasteiger partial charge is 0.463 e. The highest BCUT2D eigenvalue weighted by molar-refractivity contribution is 7.18. The van der Waals surface area contributed by atoms with E-state index in [1.54, 1.807) is 6.26 Å². The maximum Gasteiger partial charge on any atom is 0.186 e. The van der Waals surface area contributed by atoms with Gasteiger partial charge in [-0.1, -0.05) is 11.3 Å². The zero-order valence-electron chi connectivity index (χ0n) is 12.2. The van der Waals surface area contributed by atoms with Crippen LogP contribution >= 0.6 is 11.3 Å². The summed E-state index contributed by atoms with van der Waals surface area (Å²) in [5, 5.41) is 0.816. The van der Waals surface area contributed by atoms with Gasteiger partial charge in [0.2, 0.25) is 0 Å². The van der Waals surface area contributed by atoms with Gasteiger partial charge in [0.15, 0.2) is 16.7 Å². The summed E-state index contributed by atoms with van der Waals surface area (Å²) < 4.78 is 10.8. The van der Waals surface area contributed by atoms with Crippen LogP contribution in [0.4, 0.5) is 5.13 Å². The molecular weight excluding hydrogens is 288 g/mol. The van der Waals surface area contributed by atoms with Gasteiger partial charge in [0, 0.05) is 33.2 Å². The summed E-state index contributed by atoms with van der Waals surface area (Å²) in [6, 6.07) is 3.65. The lowest BCUT2D eigenvalue weighted by molar-refractivity contribution is 0.0547. The highest BCUT2D eigenvalue weighted by Crippen LogP contribution is 2.35. The van der Waals surface area contributed by atoms with E-state index in [1.165, 1.54) is 11.3 Å². The minimum atomic E-state index is 0.0305. The van der Waals surface area contributed by atoms with Crippen LogP contribution in [0, 0.1) is 5.92 Å². The van der Waals surface area contributed by atoms with E-state index >= 15 is 0 Å². The molecule has 0 aromatic carbocycles. The quantitative estimate of drug-likeness (QED) is 0.813. The summed E-state index contributed by atoms with van der Waals surface area (Å²) >= 11 is 1.43. The third-order valence-electron chi connectivity index (χ3n) is 3.57. The standard InChI is InChI=1S/C15H18N2O3S/c1-17(2)15-16-12(11-4-3-7-20-11)14(21-15)13(18)10-5-8-19-9-6-10/h3-4,7,10H,5-6,8-9H2,1-2H3. The molecule has 6 heteroatoms. The fourth-order valence-corrected chi connectivity index (χ4v) is 3.40. The Hall–Kier alpha value is -1.66. The van der Waals surface area contributed by atoms with Crippen LogP contribution in [-0.2, 0) is 4.74 Å². The van der Waals surface area contributed by atoms with Crippen LogP contribution in [0.3, 0.4) is 0 Å². The number of hydrogen-bond donors (Lipinski definition) is 0. The molecule has 0 amide bonds. The maximum atomic E-state index is 12.8. The zero-order valence-corrected chi connectivity index (χ0v) is 13.0. The first-order valence-electron chi connectivity index (χ1n) is 7.01. The first-order chi connectivity index (χ1) is 10.2. The highest BCUT2D eigenvalue weighted by Gasteiger charge is 2.29. The Morgan fingerprint density at radius 2 is 2.14 bits per heavy atom. The van der Waals surface area contributed by atoms with Crippen molar-refractivity contribution in [2.45, 2.75) is 12.8 Å². The summed E-state index contributed by atoms with van der Waals surface area (Å²) in [4.78, 5) is 20.0. The van der Waals surface area contributed by atoms with Crippen LogP contribution in [0.15, 0.2) is 22.8 Å². The average Bonchev–Trinajstić information content (AvgIpc) is 3.16. The molecule has 0 spiro atoms. The minimum absolute atomic E-state index is 0.0305. The number of thiazole rings is 1. The van der Waals surface area contributed by atoms with E-state index < -0.39 is 0 Å². The van der Waals surface area contributed by atoms with Crippen LogP contribution in [0.2, 0.25) is 0 Å². The van der Waals surface area contributed by atoms with Gasteiger partial charge >= 0.3 is 0 Å². The van der Waals surface area contributed by atoms with Crippen LogP contribution in [0.5, 0.6) is 0 Å². The summed E-state index contributed by atoms with van der Waals surface area (Å²) in [7, 11) is 3.85. The number of carbonyl (C=O) groups excluding carboxylic acids is 1. The lowest BCUT2D eigenvalue weighted by Crippen LogP contribution is -2.23. The first kappa shape index (κ1) is 14.3. The Balaban J connectivity index is 1.97. The van der Waals surface area contributed by atoms with Gasteiger partial charge in [-0.3, -0.25) is 4.79 Å². The van der Waals surface area contributed by atoms with E-state index in [2.05, 4.69) is 4.98 Å². The van der Waals surface area contributed by atoms with Gasteiger partial charge in [-0.05, 0) is 25.0 Å². The summed E-state index contributed by atoms with van der Waals surface area (Å²) in [5.41, 5.74) is 0.658. The third kappa shape index (κ3) is 2.87. The number of carbonyl (C=O) groups is 1. The Labute approximate surface area is 127 Å². The predicted molar refractivity (Wildman–Crippen MR) is 82.0 cm³/mol. The lowest BCUT2D eigenvalue weighted by atomic mass is 9.94. The molecule has 1 aliphatic heterocycles. The SMILES string of the molecule is CN(C)c1nc(-c2ccco2)c(C(=O)C2CCOCC2)s1. The summed E-state index contributed by atoms with van der Waals surface area (Å²) in [6.45, 7) is 1.32. The molecule has 3 rings (SSSR count). The lowest BCUT2D eigenvalue weighted by Gasteiger charge is -2.20. The van der Waals surface area contributed by atoms with Gasteiger partial charge in [0.25, 0.3) is 0 Å². The van der Waals surface area contributed by atoms with E-state index in [0.717, 1.165) is 18.0 Å². The van der Waals surface area contributed by atoms with Crippen molar-refractivity contribution in [1.29, 1.82) is 0 Å². The number of nitrogens with zero attached hydrogens (tertiary/aromatic N) is 2. The van der Waals surface area contributed by atoms with Crippen molar-refractivity contribution >= 4 is 22.3 Å². The summed E-state index contributed by atoms with van der Waals surface area (Å²) in [6.07, 6.45) is 3.17. The van der Waals surface area contributed by atoms with Crippen LogP contribution < -0.4 is 4.90 Å². The number of ketones is 1. The number of aromatic nitrogens is 1. The number of hydrogen-bond acceptors (Lipinski definition) is 6. The molecule has 0 radical (unpaired) electrons. The number of ether oxygens (including phenoxy) is 1. The van der Waals surface area contributed by atoms with Crippen molar-refractivity contribution in [2.24, 2.45) is 5.92 Å².